The minimum absolute atomic E-state index is 0.0181. The lowest BCUT2D eigenvalue weighted by Crippen LogP contribution is -2.31. The molecular formula is C16H28N4O. The molecule has 0 bridgehead atoms. The van der Waals surface area contributed by atoms with E-state index < -0.39 is 0 Å². The fourth-order valence-electron chi connectivity index (χ4n) is 2.62. The number of aromatic nitrogens is 2. The van der Waals surface area contributed by atoms with E-state index in [-0.39, 0.29) is 11.3 Å². The monoisotopic (exact) mass is 292 g/mol. The Hall–Kier alpha value is -1.36. The number of hydrogen-bond acceptors (Lipinski definition) is 3. The topological polar surface area (TPSA) is 61.0 Å². The Morgan fingerprint density at radius 3 is 2.67 bits per heavy atom. The van der Waals surface area contributed by atoms with Gasteiger partial charge in [-0.15, -0.1) is 0 Å². The molecule has 118 valence electrons. The van der Waals surface area contributed by atoms with Gasteiger partial charge in [0, 0.05) is 23.6 Å². The molecule has 2 heterocycles. The van der Waals surface area contributed by atoms with Crippen LogP contribution in [0.2, 0.25) is 0 Å². The van der Waals surface area contributed by atoms with Crippen LogP contribution in [0.4, 0.5) is 5.82 Å². The van der Waals surface area contributed by atoms with Crippen molar-refractivity contribution in [1.29, 1.82) is 0 Å². The maximum atomic E-state index is 11.9. The summed E-state index contributed by atoms with van der Waals surface area (Å²) in [5, 5.41) is 10.0. The second-order valence-electron chi connectivity index (χ2n) is 6.97. The number of carbonyl (C=O) groups is 1. The molecule has 0 saturated carbocycles. The van der Waals surface area contributed by atoms with Crippen LogP contribution in [0.25, 0.3) is 0 Å². The summed E-state index contributed by atoms with van der Waals surface area (Å²) in [5.74, 6) is 0.682. The largest absolute Gasteiger partial charge is 0.309 e. The summed E-state index contributed by atoms with van der Waals surface area (Å²) in [6, 6.07) is 1.92. The summed E-state index contributed by atoms with van der Waals surface area (Å²) in [4.78, 5) is 14.4. The van der Waals surface area contributed by atoms with Crippen LogP contribution in [0.1, 0.15) is 58.6 Å². The van der Waals surface area contributed by atoms with Gasteiger partial charge in [0.25, 0.3) is 0 Å². The number of rotatable bonds is 5. The number of likely N-dealkylation sites (tertiary alicyclic amines) is 1. The number of nitrogens with zero attached hydrogens (tertiary/aromatic N) is 2. The lowest BCUT2D eigenvalue weighted by atomic mass is 9.92. The third kappa shape index (κ3) is 5.16. The maximum Gasteiger partial charge on any atom is 0.225 e. The normalized spacial score (nSPS) is 16.9. The van der Waals surface area contributed by atoms with Gasteiger partial charge in [0.05, 0.1) is 0 Å². The van der Waals surface area contributed by atoms with Gasteiger partial charge in [-0.3, -0.25) is 9.89 Å². The molecule has 1 saturated heterocycles. The molecule has 0 atom stereocenters. The molecular weight excluding hydrogens is 264 g/mol. The van der Waals surface area contributed by atoms with Gasteiger partial charge in [-0.25, -0.2) is 0 Å². The summed E-state index contributed by atoms with van der Waals surface area (Å²) in [7, 11) is 0. The van der Waals surface area contributed by atoms with Crippen molar-refractivity contribution < 1.29 is 4.79 Å². The number of hydrogen-bond donors (Lipinski definition) is 2. The van der Waals surface area contributed by atoms with Crippen LogP contribution in [0, 0.1) is 0 Å². The van der Waals surface area contributed by atoms with Gasteiger partial charge in [0.15, 0.2) is 5.82 Å². The second kappa shape index (κ2) is 7.07. The van der Waals surface area contributed by atoms with Crippen LogP contribution in [-0.4, -0.2) is 40.6 Å². The Labute approximate surface area is 127 Å². The first-order chi connectivity index (χ1) is 9.95. The van der Waals surface area contributed by atoms with Crippen molar-refractivity contribution in [1.82, 2.24) is 15.1 Å². The zero-order valence-corrected chi connectivity index (χ0v) is 13.5. The van der Waals surface area contributed by atoms with Crippen molar-refractivity contribution >= 4 is 11.7 Å². The molecule has 5 nitrogen and oxygen atoms in total. The first-order valence-electron chi connectivity index (χ1n) is 8.03. The highest BCUT2D eigenvalue weighted by Crippen LogP contribution is 2.22. The first kappa shape index (κ1) is 16.0. The summed E-state index contributed by atoms with van der Waals surface area (Å²) in [6.07, 6.45) is 5.44. The third-order valence-corrected chi connectivity index (χ3v) is 3.98. The van der Waals surface area contributed by atoms with Gasteiger partial charge in [0.1, 0.15) is 0 Å². The number of nitrogens with one attached hydrogen (secondary N) is 2. The minimum atomic E-state index is 0.0181. The minimum Gasteiger partial charge on any atom is -0.309 e. The van der Waals surface area contributed by atoms with E-state index in [0.29, 0.717) is 12.2 Å². The molecule has 0 radical (unpaired) electrons. The Balaban J connectivity index is 1.70. The van der Waals surface area contributed by atoms with Gasteiger partial charge < -0.3 is 10.2 Å². The number of H-pyrrole nitrogens is 1. The molecule has 1 fully saturated rings. The van der Waals surface area contributed by atoms with Crippen molar-refractivity contribution in [3.63, 3.8) is 0 Å². The molecule has 5 heteroatoms. The number of carbonyl (C=O) groups excluding carboxylic acids is 1. The fourth-order valence-corrected chi connectivity index (χ4v) is 2.62. The number of anilines is 1. The van der Waals surface area contributed by atoms with E-state index in [9.17, 15) is 4.79 Å². The Kier molecular flexibility index (Phi) is 5.39. The van der Waals surface area contributed by atoms with Crippen LogP contribution in [0.15, 0.2) is 6.07 Å². The molecule has 0 spiro atoms. The number of amides is 1. The van der Waals surface area contributed by atoms with Crippen LogP contribution < -0.4 is 5.32 Å². The Morgan fingerprint density at radius 1 is 1.33 bits per heavy atom. The molecule has 0 aromatic carbocycles. The van der Waals surface area contributed by atoms with Crippen LogP contribution >= 0.6 is 0 Å². The van der Waals surface area contributed by atoms with E-state index >= 15 is 0 Å². The molecule has 1 aliphatic heterocycles. The summed E-state index contributed by atoms with van der Waals surface area (Å²) in [6.45, 7) is 9.76. The smallest absolute Gasteiger partial charge is 0.225 e. The summed E-state index contributed by atoms with van der Waals surface area (Å²) < 4.78 is 0. The molecule has 1 aliphatic rings. The van der Waals surface area contributed by atoms with E-state index in [2.05, 4.69) is 41.2 Å². The van der Waals surface area contributed by atoms with Crippen LogP contribution in [0.5, 0.6) is 0 Å². The fraction of sp³-hybridized carbons (Fsp3) is 0.750. The maximum absolute atomic E-state index is 11.9. The second-order valence-corrected chi connectivity index (χ2v) is 6.97. The highest BCUT2D eigenvalue weighted by Gasteiger charge is 2.17. The van der Waals surface area contributed by atoms with Crippen molar-refractivity contribution in [3.8, 4) is 0 Å². The zero-order chi connectivity index (χ0) is 15.3. The molecule has 2 N–H and O–H groups in total. The molecule has 1 aromatic rings. The van der Waals surface area contributed by atoms with Gasteiger partial charge in [0.2, 0.25) is 5.91 Å². The first-order valence-corrected chi connectivity index (χ1v) is 8.03. The van der Waals surface area contributed by atoms with E-state index in [0.717, 1.165) is 18.7 Å². The van der Waals surface area contributed by atoms with Crippen molar-refractivity contribution in [2.75, 3.05) is 25.0 Å². The summed E-state index contributed by atoms with van der Waals surface area (Å²) >= 11 is 0. The quantitative estimate of drug-likeness (QED) is 0.877. The predicted molar refractivity (Wildman–Crippen MR) is 85.4 cm³/mol. The van der Waals surface area contributed by atoms with Crippen molar-refractivity contribution in [2.24, 2.45) is 0 Å². The average molecular weight is 292 g/mol. The van der Waals surface area contributed by atoms with E-state index in [1.54, 1.807) is 0 Å². The highest BCUT2D eigenvalue weighted by atomic mass is 16.1. The van der Waals surface area contributed by atoms with Crippen molar-refractivity contribution in [2.45, 2.75) is 58.3 Å². The van der Waals surface area contributed by atoms with Crippen molar-refractivity contribution in [3.05, 3.63) is 11.8 Å². The summed E-state index contributed by atoms with van der Waals surface area (Å²) in [5.41, 5.74) is 1.05. The number of aromatic amines is 1. The molecule has 0 aliphatic carbocycles. The molecule has 1 aromatic heterocycles. The van der Waals surface area contributed by atoms with Gasteiger partial charge in [-0.1, -0.05) is 27.2 Å². The lowest BCUT2D eigenvalue weighted by Gasteiger charge is -2.26. The van der Waals surface area contributed by atoms with Gasteiger partial charge >= 0.3 is 0 Å². The Bertz CT molecular complexity index is 455. The highest BCUT2D eigenvalue weighted by molar-refractivity contribution is 5.89. The SMILES string of the molecule is CC(C)(C)c1cc(NC(=O)CCCN2CCCCC2)n[nH]1. The number of piperidine rings is 1. The average Bonchev–Trinajstić information content (AvgIpc) is 2.88. The van der Waals surface area contributed by atoms with Crippen LogP contribution in [0.3, 0.4) is 0 Å². The van der Waals surface area contributed by atoms with Gasteiger partial charge in [-0.2, -0.15) is 5.10 Å². The van der Waals surface area contributed by atoms with E-state index in [1.165, 1.54) is 32.4 Å². The van der Waals surface area contributed by atoms with E-state index in [4.69, 9.17) is 0 Å². The lowest BCUT2D eigenvalue weighted by molar-refractivity contribution is -0.116. The molecule has 2 rings (SSSR count). The zero-order valence-electron chi connectivity index (χ0n) is 13.5. The third-order valence-electron chi connectivity index (χ3n) is 3.98. The Morgan fingerprint density at radius 2 is 2.05 bits per heavy atom. The van der Waals surface area contributed by atoms with Crippen LogP contribution in [-0.2, 0) is 10.2 Å². The molecule has 0 unspecified atom stereocenters. The molecule has 1 amide bonds. The molecule has 21 heavy (non-hydrogen) atoms. The standard InChI is InChI=1S/C16H28N4O/c1-16(2,3)13-12-14(19-18-13)17-15(21)8-7-11-20-9-5-4-6-10-20/h12H,4-11H2,1-3H3,(H2,17,18,19,21). The predicted octanol–water partition coefficient (Wildman–Crippen LogP) is 2.91. The van der Waals surface area contributed by atoms with Gasteiger partial charge in [-0.05, 0) is 38.9 Å². The van der Waals surface area contributed by atoms with E-state index in [1.807, 2.05) is 6.07 Å².